The fourth-order valence-corrected chi connectivity index (χ4v) is 2.62. The van der Waals surface area contributed by atoms with E-state index in [2.05, 4.69) is 10.6 Å². The number of ether oxygens (including phenoxy) is 1. The zero-order valence-electron chi connectivity index (χ0n) is 13.1. The van der Waals surface area contributed by atoms with Crippen LogP contribution in [0.25, 0.3) is 11.1 Å². The first-order valence-electron chi connectivity index (χ1n) is 7.70. The molecule has 6 heteroatoms. The van der Waals surface area contributed by atoms with Gasteiger partial charge in [-0.25, -0.2) is 0 Å². The van der Waals surface area contributed by atoms with Crippen molar-refractivity contribution >= 4 is 23.2 Å². The van der Waals surface area contributed by atoms with Crippen LogP contribution < -0.4 is 15.4 Å². The van der Waals surface area contributed by atoms with E-state index in [4.69, 9.17) is 9.15 Å². The van der Waals surface area contributed by atoms with Gasteiger partial charge in [0, 0.05) is 22.9 Å². The lowest BCUT2D eigenvalue weighted by Gasteiger charge is -2.18. The van der Waals surface area contributed by atoms with Gasteiger partial charge in [0.05, 0.1) is 18.2 Å². The Morgan fingerprint density at radius 1 is 1.08 bits per heavy atom. The van der Waals surface area contributed by atoms with E-state index >= 15 is 0 Å². The molecule has 0 aliphatic carbocycles. The van der Waals surface area contributed by atoms with Crippen LogP contribution in [0.3, 0.4) is 0 Å². The fourth-order valence-electron chi connectivity index (χ4n) is 2.62. The van der Waals surface area contributed by atoms with Gasteiger partial charge >= 0.3 is 0 Å². The van der Waals surface area contributed by atoms with Crippen LogP contribution in [0.4, 0.5) is 11.4 Å². The molecule has 2 amide bonds. The Morgan fingerprint density at radius 3 is 2.84 bits per heavy atom. The summed E-state index contributed by atoms with van der Waals surface area (Å²) in [6, 6.07) is 14.2. The second kappa shape index (κ2) is 6.16. The van der Waals surface area contributed by atoms with E-state index < -0.39 is 0 Å². The highest BCUT2D eigenvalue weighted by molar-refractivity contribution is 6.05. The number of nitrogens with one attached hydrogen (secondary N) is 2. The largest absolute Gasteiger partial charge is 0.482 e. The quantitative estimate of drug-likeness (QED) is 0.768. The molecule has 3 aromatic rings. The van der Waals surface area contributed by atoms with E-state index in [1.165, 1.54) is 0 Å². The standard InChI is InChI=1S/C19H14N2O4/c22-18-11-25-17-9-15(4-5-16(17)21-18)20-19(23)13-3-1-2-12(8-13)14-6-7-24-10-14/h1-10H,11H2,(H,20,23)(H,21,22). The van der Waals surface area contributed by atoms with E-state index in [-0.39, 0.29) is 18.4 Å². The second-order valence-corrected chi connectivity index (χ2v) is 5.59. The molecule has 0 unspecified atom stereocenters. The third-order valence-electron chi connectivity index (χ3n) is 3.85. The Labute approximate surface area is 143 Å². The summed E-state index contributed by atoms with van der Waals surface area (Å²) in [4.78, 5) is 23.8. The lowest BCUT2D eigenvalue weighted by Crippen LogP contribution is -2.25. The normalized spacial score (nSPS) is 12.7. The van der Waals surface area contributed by atoms with Crippen molar-refractivity contribution in [1.29, 1.82) is 0 Å². The average Bonchev–Trinajstić information content (AvgIpc) is 3.17. The van der Waals surface area contributed by atoms with Gasteiger partial charge in [-0.05, 0) is 35.9 Å². The molecular formula is C19H14N2O4. The molecule has 4 rings (SSSR count). The molecule has 2 heterocycles. The van der Waals surface area contributed by atoms with Crippen molar-refractivity contribution < 1.29 is 18.7 Å². The zero-order chi connectivity index (χ0) is 17.2. The van der Waals surface area contributed by atoms with Crippen molar-refractivity contribution in [1.82, 2.24) is 0 Å². The zero-order valence-corrected chi connectivity index (χ0v) is 13.1. The molecule has 124 valence electrons. The van der Waals surface area contributed by atoms with Crippen LogP contribution in [-0.4, -0.2) is 18.4 Å². The number of carbonyl (C=O) groups is 2. The lowest BCUT2D eigenvalue weighted by atomic mass is 10.1. The summed E-state index contributed by atoms with van der Waals surface area (Å²) >= 11 is 0. The molecule has 0 atom stereocenters. The number of amides is 2. The van der Waals surface area contributed by atoms with Crippen molar-refractivity contribution in [3.8, 4) is 16.9 Å². The maximum absolute atomic E-state index is 12.5. The number of rotatable bonds is 3. The monoisotopic (exact) mass is 334 g/mol. The second-order valence-electron chi connectivity index (χ2n) is 5.59. The van der Waals surface area contributed by atoms with Crippen molar-refractivity contribution in [2.75, 3.05) is 17.2 Å². The van der Waals surface area contributed by atoms with Gasteiger partial charge in [-0.15, -0.1) is 0 Å². The minimum absolute atomic E-state index is 0.0306. The molecule has 2 N–H and O–H groups in total. The molecule has 1 aromatic heterocycles. The van der Waals surface area contributed by atoms with E-state index in [0.717, 1.165) is 11.1 Å². The highest BCUT2D eigenvalue weighted by atomic mass is 16.5. The molecule has 0 fully saturated rings. The number of furan rings is 1. The lowest BCUT2D eigenvalue weighted by molar-refractivity contribution is -0.118. The molecule has 6 nitrogen and oxygen atoms in total. The summed E-state index contributed by atoms with van der Waals surface area (Å²) in [5, 5.41) is 5.55. The predicted molar refractivity (Wildman–Crippen MR) is 92.7 cm³/mol. The molecule has 0 saturated carbocycles. The summed E-state index contributed by atoms with van der Waals surface area (Å²) in [6.07, 6.45) is 3.22. The summed E-state index contributed by atoms with van der Waals surface area (Å²) in [5.74, 6) is 0.107. The first-order chi connectivity index (χ1) is 12.2. The smallest absolute Gasteiger partial charge is 0.262 e. The molecule has 25 heavy (non-hydrogen) atoms. The fraction of sp³-hybridized carbons (Fsp3) is 0.0526. The average molecular weight is 334 g/mol. The van der Waals surface area contributed by atoms with Gasteiger partial charge in [0.25, 0.3) is 11.8 Å². The summed E-state index contributed by atoms with van der Waals surface area (Å²) in [6.45, 7) is -0.0306. The SMILES string of the molecule is O=C1COc2cc(NC(=O)c3cccc(-c4ccoc4)c3)ccc2N1. The number of carbonyl (C=O) groups excluding carboxylic acids is 2. The minimum Gasteiger partial charge on any atom is -0.482 e. The summed E-state index contributed by atoms with van der Waals surface area (Å²) in [7, 11) is 0. The Bertz CT molecular complexity index is 948. The molecule has 0 saturated heterocycles. The third kappa shape index (κ3) is 3.10. The molecule has 0 radical (unpaired) electrons. The highest BCUT2D eigenvalue weighted by Gasteiger charge is 2.17. The van der Waals surface area contributed by atoms with E-state index in [1.807, 2.05) is 18.2 Å². The van der Waals surface area contributed by atoms with Crippen LogP contribution in [0.2, 0.25) is 0 Å². The van der Waals surface area contributed by atoms with Gasteiger partial charge in [0.15, 0.2) is 6.61 Å². The number of fused-ring (bicyclic) bond motifs is 1. The van der Waals surface area contributed by atoms with Crippen LogP contribution in [0.15, 0.2) is 65.5 Å². The first-order valence-corrected chi connectivity index (χ1v) is 7.70. The Kier molecular flexibility index (Phi) is 3.70. The molecule has 1 aliphatic heterocycles. The molecule has 0 bridgehead atoms. The van der Waals surface area contributed by atoms with Gasteiger partial charge in [-0.3, -0.25) is 9.59 Å². The van der Waals surface area contributed by atoms with E-state index in [1.54, 1.807) is 42.9 Å². The van der Waals surface area contributed by atoms with Crippen molar-refractivity contribution in [3.05, 3.63) is 66.6 Å². The van der Waals surface area contributed by atoms with Gasteiger partial charge in [0.2, 0.25) is 0 Å². The summed E-state index contributed by atoms with van der Waals surface area (Å²) < 4.78 is 10.4. The molecule has 1 aliphatic rings. The minimum atomic E-state index is -0.231. The van der Waals surface area contributed by atoms with Gasteiger partial charge in [-0.2, -0.15) is 0 Å². The highest BCUT2D eigenvalue weighted by Crippen LogP contribution is 2.30. The van der Waals surface area contributed by atoms with E-state index in [9.17, 15) is 9.59 Å². The van der Waals surface area contributed by atoms with Gasteiger partial charge in [0.1, 0.15) is 5.75 Å². The van der Waals surface area contributed by atoms with Crippen LogP contribution in [0.5, 0.6) is 5.75 Å². The number of hydrogen-bond acceptors (Lipinski definition) is 4. The molecular weight excluding hydrogens is 320 g/mol. The van der Waals surface area contributed by atoms with Crippen LogP contribution in [-0.2, 0) is 4.79 Å². The van der Waals surface area contributed by atoms with E-state index in [0.29, 0.717) is 22.7 Å². The third-order valence-corrected chi connectivity index (χ3v) is 3.85. The summed E-state index contributed by atoms with van der Waals surface area (Å²) in [5.41, 5.74) is 3.53. The molecule has 2 aromatic carbocycles. The first kappa shape index (κ1) is 15.0. The number of anilines is 2. The maximum atomic E-state index is 12.5. The Morgan fingerprint density at radius 2 is 2.00 bits per heavy atom. The van der Waals surface area contributed by atoms with Crippen molar-refractivity contribution in [3.63, 3.8) is 0 Å². The van der Waals surface area contributed by atoms with Crippen LogP contribution >= 0.6 is 0 Å². The topological polar surface area (TPSA) is 80.6 Å². The van der Waals surface area contributed by atoms with Crippen LogP contribution in [0.1, 0.15) is 10.4 Å². The van der Waals surface area contributed by atoms with Crippen molar-refractivity contribution in [2.45, 2.75) is 0 Å². The van der Waals surface area contributed by atoms with Gasteiger partial charge < -0.3 is 19.8 Å². The molecule has 0 spiro atoms. The maximum Gasteiger partial charge on any atom is 0.262 e. The van der Waals surface area contributed by atoms with Gasteiger partial charge in [-0.1, -0.05) is 12.1 Å². The van der Waals surface area contributed by atoms with Crippen molar-refractivity contribution in [2.24, 2.45) is 0 Å². The van der Waals surface area contributed by atoms with Crippen LogP contribution in [0, 0.1) is 0 Å². The Balaban J connectivity index is 1.54. The number of benzene rings is 2. The number of hydrogen-bond donors (Lipinski definition) is 2. The predicted octanol–water partition coefficient (Wildman–Crippen LogP) is 3.53. The Hall–Kier alpha value is -3.54.